The Hall–Kier alpha value is -4.97. The Morgan fingerprint density at radius 2 is 1.18 bits per heavy atom. The molecule has 1 aliphatic rings. The first-order chi connectivity index (χ1) is 26.7. The average Bonchev–Trinajstić information content (AvgIpc) is 3.57. The van der Waals surface area contributed by atoms with Crippen LogP contribution in [-0.2, 0) is 14.7 Å². The molecule has 0 saturated carbocycles. The SMILES string of the molecule is CC(C)(C)[Si](OC[C@@H]1CN(C(c2ccccc2)(c2ccccc2)c2ccccc2)C[C@H](n2c(Br)nc3c(N)ncnc32)O1)(c1ccccc1)c1ccccc1. The van der Waals surface area contributed by atoms with Gasteiger partial charge in [0.05, 0.1) is 18.2 Å². The fourth-order valence-electron chi connectivity index (χ4n) is 8.55. The van der Waals surface area contributed by atoms with Crippen molar-refractivity contribution >= 4 is 51.6 Å². The van der Waals surface area contributed by atoms with Gasteiger partial charge >= 0.3 is 0 Å². The van der Waals surface area contributed by atoms with Gasteiger partial charge in [-0.1, -0.05) is 172 Å². The van der Waals surface area contributed by atoms with Crippen molar-refractivity contribution in [3.63, 3.8) is 0 Å². The summed E-state index contributed by atoms with van der Waals surface area (Å²) in [7, 11) is -2.91. The Kier molecular flexibility index (Phi) is 10.3. The summed E-state index contributed by atoms with van der Waals surface area (Å²) in [5, 5.41) is 2.24. The maximum absolute atomic E-state index is 7.59. The lowest BCUT2D eigenvalue weighted by Gasteiger charge is -2.51. The number of imidazole rings is 1. The Bertz CT molecular complexity index is 2210. The summed E-state index contributed by atoms with van der Waals surface area (Å²) in [6, 6.07) is 53.9. The number of anilines is 1. The summed E-state index contributed by atoms with van der Waals surface area (Å²) >= 11 is 3.77. The van der Waals surface area contributed by atoms with Gasteiger partial charge in [0.1, 0.15) is 6.33 Å². The molecular weight excluding hydrogens is 765 g/mol. The molecule has 10 heteroatoms. The van der Waals surface area contributed by atoms with Gasteiger partial charge < -0.3 is 14.9 Å². The van der Waals surface area contributed by atoms with E-state index >= 15 is 0 Å². The third-order valence-corrected chi connectivity index (χ3v) is 16.4. The second-order valence-electron chi connectivity index (χ2n) is 15.1. The lowest BCUT2D eigenvalue weighted by molar-refractivity contribution is -0.147. The van der Waals surface area contributed by atoms with Gasteiger partial charge in [0.2, 0.25) is 0 Å². The van der Waals surface area contributed by atoms with E-state index in [1.165, 1.54) is 16.7 Å². The molecule has 2 N–H and O–H groups in total. The van der Waals surface area contributed by atoms with Gasteiger partial charge in [-0.3, -0.25) is 9.47 Å². The van der Waals surface area contributed by atoms with Crippen LogP contribution in [0.5, 0.6) is 0 Å². The average molecular weight is 810 g/mol. The van der Waals surface area contributed by atoms with Crippen LogP contribution < -0.4 is 16.1 Å². The first-order valence-electron chi connectivity index (χ1n) is 18.7. The number of hydrogen-bond donors (Lipinski definition) is 1. The number of halogens is 1. The topological polar surface area (TPSA) is 91.3 Å². The van der Waals surface area contributed by atoms with Crippen molar-refractivity contribution < 1.29 is 9.16 Å². The maximum atomic E-state index is 7.59. The van der Waals surface area contributed by atoms with E-state index in [9.17, 15) is 0 Å². The molecule has 0 unspecified atom stereocenters. The van der Waals surface area contributed by atoms with Gasteiger partial charge in [0, 0.05) is 13.1 Å². The molecule has 8 rings (SSSR count). The van der Waals surface area contributed by atoms with Crippen molar-refractivity contribution in [3.8, 4) is 0 Å². The highest BCUT2D eigenvalue weighted by Gasteiger charge is 2.52. The summed E-state index contributed by atoms with van der Waals surface area (Å²) in [6.45, 7) is 8.35. The molecular formula is C45H45BrN6O2Si. The third kappa shape index (κ3) is 6.61. The van der Waals surface area contributed by atoms with Crippen LogP contribution in [-0.4, -0.2) is 58.5 Å². The van der Waals surface area contributed by atoms with Gasteiger partial charge in [0.25, 0.3) is 8.32 Å². The summed E-state index contributed by atoms with van der Waals surface area (Å²) in [6.07, 6.45) is 0.597. The van der Waals surface area contributed by atoms with Crippen LogP contribution in [0, 0.1) is 0 Å². The number of ether oxygens (including phenoxy) is 1. The number of nitrogens with zero attached hydrogens (tertiary/aromatic N) is 5. The molecule has 0 radical (unpaired) electrons. The molecule has 8 nitrogen and oxygen atoms in total. The lowest BCUT2D eigenvalue weighted by Crippen LogP contribution is -2.67. The van der Waals surface area contributed by atoms with E-state index in [0.29, 0.717) is 41.4 Å². The molecule has 5 aromatic carbocycles. The number of hydrogen-bond acceptors (Lipinski definition) is 7. The second kappa shape index (κ2) is 15.3. The highest BCUT2D eigenvalue weighted by Crippen LogP contribution is 2.46. The molecule has 0 bridgehead atoms. The van der Waals surface area contributed by atoms with Crippen LogP contribution >= 0.6 is 15.9 Å². The molecule has 2 aromatic heterocycles. The van der Waals surface area contributed by atoms with E-state index in [0.717, 1.165) is 16.7 Å². The molecule has 2 atom stereocenters. The zero-order valence-corrected chi connectivity index (χ0v) is 33.9. The maximum Gasteiger partial charge on any atom is 0.261 e. The van der Waals surface area contributed by atoms with E-state index in [2.05, 4.69) is 203 Å². The molecule has 0 amide bonds. The van der Waals surface area contributed by atoms with Gasteiger partial charge in [-0.25, -0.2) is 15.0 Å². The number of aromatic nitrogens is 4. The quantitative estimate of drug-likeness (QED) is 0.0853. The minimum Gasteiger partial charge on any atom is -0.405 e. The molecule has 3 heterocycles. The molecule has 0 aliphatic carbocycles. The van der Waals surface area contributed by atoms with Crippen molar-refractivity contribution in [1.82, 2.24) is 24.4 Å². The van der Waals surface area contributed by atoms with E-state index < -0.39 is 20.1 Å². The first kappa shape index (κ1) is 37.0. The fourth-order valence-corrected chi connectivity index (χ4v) is 13.7. The Morgan fingerprint density at radius 3 is 1.65 bits per heavy atom. The van der Waals surface area contributed by atoms with Crippen molar-refractivity contribution in [2.75, 3.05) is 25.4 Å². The molecule has 7 aromatic rings. The Labute approximate surface area is 332 Å². The van der Waals surface area contributed by atoms with Crippen molar-refractivity contribution in [3.05, 3.63) is 179 Å². The van der Waals surface area contributed by atoms with Crippen LogP contribution in [0.25, 0.3) is 11.2 Å². The molecule has 1 fully saturated rings. The van der Waals surface area contributed by atoms with Crippen molar-refractivity contribution in [2.24, 2.45) is 0 Å². The molecule has 1 saturated heterocycles. The van der Waals surface area contributed by atoms with Gasteiger partial charge in [-0.05, 0) is 48.0 Å². The second-order valence-corrected chi connectivity index (χ2v) is 20.1. The van der Waals surface area contributed by atoms with E-state index in [1.54, 1.807) is 0 Å². The molecule has 0 spiro atoms. The lowest BCUT2D eigenvalue weighted by atomic mass is 9.75. The Morgan fingerprint density at radius 1 is 0.709 bits per heavy atom. The first-order valence-corrected chi connectivity index (χ1v) is 21.4. The minimum absolute atomic E-state index is 0.205. The summed E-state index contributed by atoms with van der Waals surface area (Å²) < 4.78 is 17.4. The largest absolute Gasteiger partial charge is 0.405 e. The summed E-state index contributed by atoms with van der Waals surface area (Å²) in [5.74, 6) is 0.316. The summed E-state index contributed by atoms with van der Waals surface area (Å²) in [4.78, 5) is 16.3. The van der Waals surface area contributed by atoms with Crippen LogP contribution in [0.15, 0.2) is 163 Å². The predicted octanol–water partition coefficient (Wildman–Crippen LogP) is 7.94. The molecule has 1 aliphatic heterocycles. The van der Waals surface area contributed by atoms with Crippen LogP contribution in [0.3, 0.4) is 0 Å². The Balaban J connectivity index is 1.31. The fraction of sp³-hybridized carbons (Fsp3) is 0.222. The van der Waals surface area contributed by atoms with Crippen LogP contribution in [0.1, 0.15) is 43.7 Å². The number of nitrogen functional groups attached to an aromatic ring is 1. The van der Waals surface area contributed by atoms with Crippen molar-refractivity contribution in [1.29, 1.82) is 0 Å². The number of nitrogens with two attached hydrogens (primary N) is 1. The smallest absolute Gasteiger partial charge is 0.261 e. The standard InChI is InChI=1S/C45H45BrN6O2Si/c1-44(2,3)55(37-25-15-7-16-26-37,38-27-17-8-18-28-38)53-31-36-29-51(30-39(54-36)52-42-40(50-43(52)46)41(47)48-32-49-42)45(33-19-9-4-10-20-33,34-21-11-5-12-22-34)35-23-13-6-14-24-35/h4-28,32,36,39H,29-31H2,1-3H3,(H2,47,48,49)/t36-,39+/m0/s1. The highest BCUT2D eigenvalue weighted by molar-refractivity contribution is 9.10. The van der Waals surface area contributed by atoms with Crippen LogP contribution in [0.4, 0.5) is 5.82 Å². The minimum atomic E-state index is -2.91. The highest BCUT2D eigenvalue weighted by atomic mass is 79.9. The zero-order valence-electron chi connectivity index (χ0n) is 31.3. The third-order valence-electron chi connectivity index (χ3n) is 10.9. The van der Waals surface area contributed by atoms with Gasteiger partial charge in [0.15, 0.2) is 27.9 Å². The number of benzene rings is 5. The molecule has 55 heavy (non-hydrogen) atoms. The van der Waals surface area contributed by atoms with Crippen LogP contribution in [0.2, 0.25) is 5.04 Å². The van der Waals surface area contributed by atoms with Gasteiger partial charge in [-0.15, -0.1) is 0 Å². The normalized spacial score (nSPS) is 17.0. The monoisotopic (exact) mass is 808 g/mol. The van der Waals surface area contributed by atoms with Gasteiger partial charge in [-0.2, -0.15) is 0 Å². The number of rotatable bonds is 10. The van der Waals surface area contributed by atoms with E-state index in [-0.39, 0.29) is 11.1 Å². The van der Waals surface area contributed by atoms with E-state index in [4.69, 9.17) is 19.9 Å². The summed E-state index contributed by atoms with van der Waals surface area (Å²) in [5.41, 5.74) is 10.2. The van der Waals surface area contributed by atoms with Crippen molar-refractivity contribution in [2.45, 2.75) is 43.7 Å². The predicted molar refractivity (Wildman–Crippen MR) is 226 cm³/mol. The number of fused-ring (bicyclic) bond motifs is 1. The molecule has 278 valence electrons. The number of morpholine rings is 1. The zero-order chi connectivity index (χ0) is 38.0. The van der Waals surface area contributed by atoms with E-state index in [1.807, 2.05) is 4.57 Å².